The van der Waals surface area contributed by atoms with Crippen LogP contribution in [0.15, 0.2) is 48.8 Å². The van der Waals surface area contributed by atoms with Crippen LogP contribution >= 0.6 is 0 Å². The van der Waals surface area contributed by atoms with Crippen LogP contribution in [0.5, 0.6) is 0 Å². The monoisotopic (exact) mass is 377 g/mol. The van der Waals surface area contributed by atoms with Gasteiger partial charge in [-0.15, -0.1) is 0 Å². The zero-order valence-electron chi connectivity index (χ0n) is 16.2. The number of hydrogen-bond donors (Lipinski definition) is 0. The molecule has 1 aromatic heterocycles. The molecule has 5 rings (SSSR count). The van der Waals surface area contributed by atoms with E-state index < -0.39 is 0 Å². The summed E-state index contributed by atoms with van der Waals surface area (Å²) in [6, 6.07) is 12.4. The number of carbonyl (C=O) groups is 1. The minimum absolute atomic E-state index is 0.273. The van der Waals surface area contributed by atoms with E-state index in [4.69, 9.17) is 4.74 Å². The number of nitrogens with zero attached hydrogens (tertiary/aromatic N) is 3. The molecule has 5 nitrogen and oxygen atoms in total. The standard InChI is InChI=1S/C23H27N3O2/c27-22-23(8-12-25(13-9-23)15-19-7-14-28-17-19)20-3-1-2-4-21(20)26(22)16-18-5-10-24-11-6-18/h1-6,10-11,19H,7-9,12-17H2. The van der Waals surface area contributed by atoms with Gasteiger partial charge in [-0.05, 0) is 67.6 Å². The molecule has 1 atom stereocenters. The first-order valence-electron chi connectivity index (χ1n) is 10.4. The van der Waals surface area contributed by atoms with E-state index >= 15 is 0 Å². The number of benzene rings is 1. The van der Waals surface area contributed by atoms with E-state index in [-0.39, 0.29) is 11.3 Å². The van der Waals surface area contributed by atoms with Crippen LogP contribution in [-0.4, -0.2) is 48.6 Å². The zero-order chi connectivity index (χ0) is 19.0. The van der Waals surface area contributed by atoms with E-state index in [0.717, 1.165) is 56.9 Å². The highest BCUT2D eigenvalue weighted by atomic mass is 16.5. The average molecular weight is 377 g/mol. The predicted octanol–water partition coefficient (Wildman–Crippen LogP) is 3.00. The lowest BCUT2D eigenvalue weighted by molar-refractivity contribution is -0.125. The van der Waals surface area contributed by atoms with Gasteiger partial charge in [0.1, 0.15) is 0 Å². The lowest BCUT2D eigenvalue weighted by Gasteiger charge is -2.39. The van der Waals surface area contributed by atoms with Crippen LogP contribution in [0, 0.1) is 5.92 Å². The first-order valence-corrected chi connectivity index (χ1v) is 10.4. The van der Waals surface area contributed by atoms with Gasteiger partial charge >= 0.3 is 0 Å². The molecule has 4 heterocycles. The summed E-state index contributed by atoms with van der Waals surface area (Å²) >= 11 is 0. The molecule has 3 aliphatic heterocycles. The van der Waals surface area contributed by atoms with Crippen molar-refractivity contribution in [1.29, 1.82) is 0 Å². The molecule has 0 aliphatic carbocycles. The van der Waals surface area contributed by atoms with Crippen molar-refractivity contribution >= 4 is 11.6 Å². The van der Waals surface area contributed by atoms with E-state index in [9.17, 15) is 4.79 Å². The fraction of sp³-hybridized carbons (Fsp3) is 0.478. The van der Waals surface area contributed by atoms with Crippen molar-refractivity contribution in [3.8, 4) is 0 Å². The molecule has 1 spiro atoms. The Morgan fingerprint density at radius 2 is 1.89 bits per heavy atom. The van der Waals surface area contributed by atoms with Gasteiger partial charge in [0.15, 0.2) is 0 Å². The van der Waals surface area contributed by atoms with E-state index in [1.807, 2.05) is 23.1 Å². The molecule has 5 heteroatoms. The Morgan fingerprint density at radius 1 is 1.11 bits per heavy atom. The predicted molar refractivity (Wildman–Crippen MR) is 108 cm³/mol. The number of para-hydroxylation sites is 1. The number of piperidine rings is 1. The molecule has 2 fully saturated rings. The second-order valence-electron chi connectivity index (χ2n) is 8.38. The molecule has 0 saturated carbocycles. The fourth-order valence-electron chi connectivity index (χ4n) is 5.12. The van der Waals surface area contributed by atoms with Crippen LogP contribution in [-0.2, 0) is 21.5 Å². The lowest BCUT2D eigenvalue weighted by Crippen LogP contribution is -2.49. The molecule has 1 unspecified atom stereocenters. The second kappa shape index (κ2) is 7.30. The van der Waals surface area contributed by atoms with Crippen molar-refractivity contribution in [3.05, 3.63) is 59.9 Å². The highest BCUT2D eigenvalue weighted by Crippen LogP contribution is 2.48. The van der Waals surface area contributed by atoms with Crippen molar-refractivity contribution < 1.29 is 9.53 Å². The molecule has 0 bridgehead atoms. The van der Waals surface area contributed by atoms with E-state index in [1.165, 1.54) is 12.0 Å². The van der Waals surface area contributed by atoms with E-state index in [2.05, 4.69) is 28.1 Å². The normalized spacial score (nSPS) is 24.1. The maximum atomic E-state index is 13.7. The lowest BCUT2D eigenvalue weighted by atomic mass is 9.73. The summed E-state index contributed by atoms with van der Waals surface area (Å²) < 4.78 is 5.53. The van der Waals surface area contributed by atoms with Crippen LogP contribution in [0.1, 0.15) is 30.4 Å². The number of aromatic nitrogens is 1. The van der Waals surface area contributed by atoms with Crippen LogP contribution < -0.4 is 4.90 Å². The summed E-state index contributed by atoms with van der Waals surface area (Å²) in [7, 11) is 0. The topological polar surface area (TPSA) is 45.7 Å². The third-order valence-corrected chi connectivity index (χ3v) is 6.70. The minimum Gasteiger partial charge on any atom is -0.381 e. The van der Waals surface area contributed by atoms with Crippen LogP contribution in [0.25, 0.3) is 0 Å². The molecule has 28 heavy (non-hydrogen) atoms. The van der Waals surface area contributed by atoms with E-state index in [0.29, 0.717) is 12.5 Å². The van der Waals surface area contributed by atoms with Crippen molar-refractivity contribution in [2.45, 2.75) is 31.2 Å². The number of pyridine rings is 1. The minimum atomic E-state index is -0.355. The Kier molecular flexibility index (Phi) is 4.65. The molecule has 0 N–H and O–H groups in total. The summed E-state index contributed by atoms with van der Waals surface area (Å²) in [5.41, 5.74) is 3.07. The van der Waals surface area contributed by atoms with Gasteiger partial charge in [0.25, 0.3) is 0 Å². The van der Waals surface area contributed by atoms with Gasteiger partial charge in [-0.3, -0.25) is 9.78 Å². The van der Waals surface area contributed by atoms with Crippen molar-refractivity contribution in [2.75, 3.05) is 37.7 Å². The number of hydrogen-bond acceptors (Lipinski definition) is 4. The molecule has 146 valence electrons. The Hall–Kier alpha value is -2.24. The number of carbonyl (C=O) groups excluding carboxylic acids is 1. The smallest absolute Gasteiger partial charge is 0.238 e. The summed E-state index contributed by atoms with van der Waals surface area (Å²) in [5.74, 6) is 0.929. The molecule has 1 aromatic carbocycles. The molecular weight excluding hydrogens is 350 g/mol. The largest absolute Gasteiger partial charge is 0.381 e. The Morgan fingerprint density at radius 3 is 2.64 bits per heavy atom. The van der Waals surface area contributed by atoms with Crippen molar-refractivity contribution in [2.24, 2.45) is 5.92 Å². The fourth-order valence-corrected chi connectivity index (χ4v) is 5.12. The van der Waals surface area contributed by atoms with Gasteiger partial charge in [-0.1, -0.05) is 18.2 Å². The first kappa shape index (κ1) is 17.8. The third-order valence-electron chi connectivity index (χ3n) is 6.70. The van der Waals surface area contributed by atoms with Gasteiger partial charge in [-0.25, -0.2) is 0 Å². The third kappa shape index (κ3) is 3.03. The SMILES string of the molecule is O=C1N(Cc2ccncc2)c2ccccc2C12CCN(CC1CCOC1)CC2. The molecule has 2 aromatic rings. The Labute approximate surface area is 166 Å². The summed E-state index contributed by atoms with van der Waals surface area (Å²) in [6.07, 6.45) is 6.57. The van der Waals surface area contributed by atoms with Gasteiger partial charge in [-0.2, -0.15) is 0 Å². The second-order valence-corrected chi connectivity index (χ2v) is 8.38. The van der Waals surface area contributed by atoms with Crippen molar-refractivity contribution in [3.63, 3.8) is 0 Å². The van der Waals surface area contributed by atoms with Gasteiger partial charge in [0.05, 0.1) is 18.6 Å². The van der Waals surface area contributed by atoms with Crippen LogP contribution in [0.4, 0.5) is 5.69 Å². The van der Waals surface area contributed by atoms with Gasteiger partial charge < -0.3 is 14.5 Å². The molecule has 0 radical (unpaired) electrons. The molecule has 3 aliphatic rings. The van der Waals surface area contributed by atoms with Gasteiger partial charge in [0, 0.05) is 31.2 Å². The number of amides is 1. The van der Waals surface area contributed by atoms with Gasteiger partial charge in [0.2, 0.25) is 5.91 Å². The number of fused-ring (bicyclic) bond motifs is 2. The molecule has 1 amide bonds. The number of ether oxygens (including phenoxy) is 1. The first-order chi connectivity index (χ1) is 13.8. The highest BCUT2D eigenvalue weighted by molar-refractivity contribution is 6.08. The Bertz CT molecular complexity index is 840. The van der Waals surface area contributed by atoms with Crippen LogP contribution in [0.3, 0.4) is 0 Å². The number of anilines is 1. The maximum Gasteiger partial charge on any atom is 0.238 e. The van der Waals surface area contributed by atoms with Crippen molar-refractivity contribution in [1.82, 2.24) is 9.88 Å². The van der Waals surface area contributed by atoms with E-state index in [1.54, 1.807) is 12.4 Å². The Balaban J connectivity index is 1.37. The average Bonchev–Trinajstić information content (AvgIpc) is 3.33. The number of rotatable bonds is 4. The summed E-state index contributed by atoms with van der Waals surface area (Å²) in [4.78, 5) is 22.3. The summed E-state index contributed by atoms with van der Waals surface area (Å²) in [6.45, 7) is 5.48. The van der Waals surface area contributed by atoms with Crippen LogP contribution in [0.2, 0.25) is 0 Å². The summed E-state index contributed by atoms with van der Waals surface area (Å²) in [5, 5.41) is 0. The highest BCUT2D eigenvalue weighted by Gasteiger charge is 2.51. The molecular formula is C23H27N3O2. The zero-order valence-corrected chi connectivity index (χ0v) is 16.2. The quantitative estimate of drug-likeness (QED) is 0.822. The maximum absolute atomic E-state index is 13.7. The molecule has 2 saturated heterocycles. The number of likely N-dealkylation sites (tertiary alicyclic amines) is 1.